The number of carboxylic acids is 1. The minimum absolute atomic E-state index is 0.0534. The van der Waals surface area contributed by atoms with Crippen LogP contribution in [0.25, 0.3) is 0 Å². The Bertz CT molecular complexity index is 589. The zero-order valence-electron chi connectivity index (χ0n) is 10.5. The topological polar surface area (TPSA) is 96.8 Å². The number of hydrogen-bond acceptors (Lipinski definition) is 5. The van der Waals surface area contributed by atoms with Crippen LogP contribution in [0.1, 0.15) is 16.8 Å². The zero-order valence-corrected chi connectivity index (χ0v) is 12.1. The van der Waals surface area contributed by atoms with Crippen LogP contribution in [0.3, 0.4) is 0 Å². The molecular formula is C12H11BrN2O5. The van der Waals surface area contributed by atoms with Gasteiger partial charge in [0, 0.05) is 19.2 Å². The smallest absolute Gasteiger partial charge is 0.339 e. The molecule has 1 fully saturated rings. The van der Waals surface area contributed by atoms with Crippen molar-refractivity contribution >= 4 is 39.6 Å². The molecule has 1 unspecified atom stereocenters. The Labute approximate surface area is 122 Å². The molecule has 20 heavy (non-hydrogen) atoms. The van der Waals surface area contributed by atoms with Gasteiger partial charge < -0.3 is 9.84 Å². The number of aliphatic carboxylic acids is 1. The van der Waals surface area contributed by atoms with Crippen molar-refractivity contribution in [2.75, 3.05) is 18.6 Å². The average Bonchev–Trinajstić information content (AvgIpc) is 2.80. The first-order valence-electron chi connectivity index (χ1n) is 5.71. The van der Waals surface area contributed by atoms with Crippen LogP contribution >= 0.6 is 15.9 Å². The lowest BCUT2D eigenvalue weighted by Crippen LogP contribution is -2.27. The average molecular weight is 343 g/mol. The maximum Gasteiger partial charge on any atom is 0.339 e. The third-order valence-electron chi connectivity index (χ3n) is 2.97. The summed E-state index contributed by atoms with van der Waals surface area (Å²) in [5.41, 5.74) is 0.240. The van der Waals surface area contributed by atoms with E-state index in [4.69, 9.17) is 5.11 Å². The number of rotatable bonds is 3. The van der Waals surface area contributed by atoms with Crippen LogP contribution in [-0.2, 0) is 14.3 Å². The van der Waals surface area contributed by atoms with E-state index in [9.17, 15) is 14.4 Å². The highest BCUT2D eigenvalue weighted by Crippen LogP contribution is 2.30. The normalized spacial score (nSPS) is 18.2. The van der Waals surface area contributed by atoms with Crippen molar-refractivity contribution in [3.63, 3.8) is 0 Å². The molecule has 0 spiro atoms. The van der Waals surface area contributed by atoms with Crippen molar-refractivity contribution in [2.24, 2.45) is 5.92 Å². The number of ether oxygens (including phenoxy) is 1. The summed E-state index contributed by atoms with van der Waals surface area (Å²) in [6.45, 7) is 0.0668. The van der Waals surface area contributed by atoms with Gasteiger partial charge >= 0.3 is 11.9 Å². The third kappa shape index (κ3) is 2.64. The predicted molar refractivity (Wildman–Crippen MR) is 71.4 cm³/mol. The summed E-state index contributed by atoms with van der Waals surface area (Å²) < 4.78 is 5.00. The van der Waals surface area contributed by atoms with E-state index in [-0.39, 0.29) is 24.4 Å². The summed E-state index contributed by atoms with van der Waals surface area (Å²) >= 11 is 3.23. The van der Waals surface area contributed by atoms with Gasteiger partial charge in [0.15, 0.2) is 0 Å². The molecule has 1 aromatic heterocycles. The molecule has 0 aliphatic carbocycles. The number of methoxy groups -OCH3 is 1. The molecule has 0 bridgehead atoms. The van der Waals surface area contributed by atoms with Crippen molar-refractivity contribution in [2.45, 2.75) is 6.42 Å². The van der Waals surface area contributed by atoms with E-state index in [1.807, 2.05) is 0 Å². The number of carbonyl (C=O) groups is 3. The van der Waals surface area contributed by atoms with Gasteiger partial charge in [-0.15, -0.1) is 0 Å². The molecule has 2 rings (SSSR count). The van der Waals surface area contributed by atoms with Crippen molar-refractivity contribution in [3.05, 3.63) is 22.3 Å². The van der Waals surface area contributed by atoms with Gasteiger partial charge in [-0.05, 0) is 22.0 Å². The van der Waals surface area contributed by atoms with Gasteiger partial charge in [0.1, 0.15) is 5.82 Å². The number of carbonyl (C=O) groups excluding carboxylic acids is 2. The SMILES string of the molecule is COC(=O)c1cnc(N2CC(C(=O)O)CC2=O)c(Br)c1. The minimum atomic E-state index is -1.01. The molecule has 1 amide bonds. The fourth-order valence-electron chi connectivity index (χ4n) is 1.94. The molecule has 1 saturated heterocycles. The Kier molecular flexibility index (Phi) is 4.03. The molecule has 7 nitrogen and oxygen atoms in total. The molecule has 1 N–H and O–H groups in total. The lowest BCUT2D eigenvalue weighted by molar-refractivity contribution is -0.141. The van der Waals surface area contributed by atoms with Crippen LogP contribution in [0.2, 0.25) is 0 Å². The lowest BCUT2D eigenvalue weighted by atomic mass is 10.1. The predicted octanol–water partition coefficient (Wildman–Crippen LogP) is 1.07. The molecule has 1 aliphatic rings. The quantitative estimate of drug-likeness (QED) is 0.825. The van der Waals surface area contributed by atoms with Gasteiger partial charge in [-0.2, -0.15) is 0 Å². The molecular weight excluding hydrogens is 332 g/mol. The molecule has 1 aromatic rings. The second kappa shape index (κ2) is 5.58. The summed E-state index contributed by atoms with van der Waals surface area (Å²) in [6.07, 6.45) is 1.23. The number of hydrogen-bond donors (Lipinski definition) is 1. The number of aromatic nitrogens is 1. The first-order chi connectivity index (χ1) is 9.43. The van der Waals surface area contributed by atoms with E-state index in [1.165, 1.54) is 24.3 Å². The highest BCUT2D eigenvalue weighted by atomic mass is 79.9. The summed E-state index contributed by atoms with van der Waals surface area (Å²) in [5.74, 6) is -2.30. The Morgan fingerprint density at radius 2 is 2.25 bits per heavy atom. The molecule has 8 heteroatoms. The second-order valence-corrected chi connectivity index (χ2v) is 5.12. The van der Waals surface area contributed by atoms with Crippen LogP contribution in [0.15, 0.2) is 16.7 Å². The van der Waals surface area contributed by atoms with Crippen molar-refractivity contribution in [1.29, 1.82) is 0 Å². The van der Waals surface area contributed by atoms with E-state index in [1.54, 1.807) is 0 Å². The first kappa shape index (κ1) is 14.4. The minimum Gasteiger partial charge on any atom is -0.481 e. The number of esters is 1. The van der Waals surface area contributed by atoms with E-state index < -0.39 is 17.9 Å². The van der Waals surface area contributed by atoms with Gasteiger partial charge in [0.2, 0.25) is 5.91 Å². The molecule has 106 valence electrons. The lowest BCUT2D eigenvalue weighted by Gasteiger charge is -2.16. The summed E-state index contributed by atoms with van der Waals surface area (Å²) in [5, 5.41) is 8.94. The summed E-state index contributed by atoms with van der Waals surface area (Å²) in [6, 6.07) is 1.48. The third-order valence-corrected chi connectivity index (χ3v) is 3.56. The largest absolute Gasteiger partial charge is 0.481 e. The summed E-state index contributed by atoms with van der Waals surface area (Å²) in [7, 11) is 1.26. The second-order valence-electron chi connectivity index (χ2n) is 4.26. The van der Waals surface area contributed by atoms with Crippen LogP contribution in [0.4, 0.5) is 5.82 Å². The Balaban J connectivity index is 2.28. The Morgan fingerprint density at radius 3 is 2.75 bits per heavy atom. The van der Waals surface area contributed by atoms with Gasteiger partial charge in [0.25, 0.3) is 0 Å². The van der Waals surface area contributed by atoms with Crippen molar-refractivity contribution < 1.29 is 24.2 Å². The number of anilines is 1. The van der Waals surface area contributed by atoms with Gasteiger partial charge in [0.05, 0.1) is 23.1 Å². The highest BCUT2D eigenvalue weighted by Gasteiger charge is 2.36. The maximum absolute atomic E-state index is 11.8. The molecule has 2 heterocycles. The van der Waals surface area contributed by atoms with E-state index in [2.05, 4.69) is 25.7 Å². The van der Waals surface area contributed by atoms with Crippen LogP contribution in [-0.4, -0.2) is 41.6 Å². The van der Waals surface area contributed by atoms with E-state index >= 15 is 0 Å². The molecule has 0 radical (unpaired) electrons. The van der Waals surface area contributed by atoms with Crippen LogP contribution in [0.5, 0.6) is 0 Å². The zero-order chi connectivity index (χ0) is 14.9. The van der Waals surface area contributed by atoms with Gasteiger partial charge in [-0.3, -0.25) is 14.5 Å². The monoisotopic (exact) mass is 342 g/mol. The number of pyridine rings is 1. The van der Waals surface area contributed by atoms with Gasteiger partial charge in [-0.1, -0.05) is 0 Å². The van der Waals surface area contributed by atoms with Crippen LogP contribution in [0, 0.1) is 5.92 Å². The maximum atomic E-state index is 11.8. The van der Waals surface area contributed by atoms with Crippen molar-refractivity contribution in [3.8, 4) is 0 Å². The number of nitrogens with zero attached hydrogens (tertiary/aromatic N) is 2. The molecule has 1 atom stereocenters. The van der Waals surface area contributed by atoms with Crippen molar-refractivity contribution in [1.82, 2.24) is 4.98 Å². The number of carboxylic acid groups (broad SMARTS) is 1. The van der Waals surface area contributed by atoms with Gasteiger partial charge in [-0.25, -0.2) is 9.78 Å². The molecule has 0 saturated carbocycles. The fourth-order valence-corrected chi connectivity index (χ4v) is 2.50. The standard InChI is InChI=1S/C12H11BrN2O5/c1-20-12(19)6-2-8(13)10(14-4-6)15-5-7(11(17)18)3-9(15)16/h2,4,7H,3,5H2,1H3,(H,17,18). The van der Waals surface area contributed by atoms with Crippen LogP contribution < -0.4 is 4.90 Å². The molecule has 0 aromatic carbocycles. The number of amides is 1. The fraction of sp³-hybridized carbons (Fsp3) is 0.333. The first-order valence-corrected chi connectivity index (χ1v) is 6.50. The van der Waals surface area contributed by atoms with E-state index in [0.29, 0.717) is 10.3 Å². The number of halogens is 1. The highest BCUT2D eigenvalue weighted by molar-refractivity contribution is 9.10. The molecule has 1 aliphatic heterocycles. The summed E-state index contributed by atoms with van der Waals surface area (Å²) in [4.78, 5) is 39.4. The Hall–Kier alpha value is -1.96. The van der Waals surface area contributed by atoms with E-state index in [0.717, 1.165) is 0 Å². The Morgan fingerprint density at radius 1 is 1.55 bits per heavy atom.